The summed E-state index contributed by atoms with van der Waals surface area (Å²) in [7, 11) is -3.16. The topological polar surface area (TPSA) is 61.9 Å². The van der Waals surface area contributed by atoms with Crippen molar-refractivity contribution in [3.8, 4) is 0 Å². The SMILES string of the molecule is CS(=O)(=O)N[C@H]1CCN(Cc2c(Cl)cccc2N2CCOCC2)C1. The van der Waals surface area contributed by atoms with Crippen LogP contribution in [-0.4, -0.2) is 65.0 Å². The van der Waals surface area contributed by atoms with Crippen LogP contribution in [-0.2, 0) is 21.3 Å². The number of hydrogen-bond donors (Lipinski definition) is 1. The molecule has 2 heterocycles. The van der Waals surface area contributed by atoms with Crippen LogP contribution in [0.1, 0.15) is 12.0 Å². The number of hydrogen-bond acceptors (Lipinski definition) is 5. The predicted octanol–water partition coefficient (Wildman–Crippen LogP) is 1.30. The molecule has 0 radical (unpaired) electrons. The lowest BCUT2D eigenvalue weighted by molar-refractivity contribution is 0.122. The van der Waals surface area contributed by atoms with Gasteiger partial charge in [0.25, 0.3) is 0 Å². The number of sulfonamides is 1. The first-order chi connectivity index (χ1) is 11.4. The summed E-state index contributed by atoms with van der Waals surface area (Å²) >= 11 is 6.47. The Bertz CT molecular complexity index is 677. The van der Waals surface area contributed by atoms with Crippen molar-refractivity contribution < 1.29 is 13.2 Å². The standard InChI is InChI=1S/C16H24ClN3O3S/c1-24(21,22)18-13-5-6-19(11-13)12-14-15(17)3-2-4-16(14)20-7-9-23-10-8-20/h2-4,13,18H,5-12H2,1H3/t13-/m0/s1. The lowest BCUT2D eigenvalue weighted by atomic mass is 10.1. The van der Waals surface area contributed by atoms with Crippen LogP contribution >= 0.6 is 11.6 Å². The van der Waals surface area contributed by atoms with Gasteiger partial charge in [0, 0.05) is 55.0 Å². The fourth-order valence-electron chi connectivity index (χ4n) is 3.40. The van der Waals surface area contributed by atoms with Gasteiger partial charge < -0.3 is 9.64 Å². The second-order valence-electron chi connectivity index (χ2n) is 6.45. The number of anilines is 1. The maximum atomic E-state index is 11.4. The first-order valence-electron chi connectivity index (χ1n) is 8.22. The second-order valence-corrected chi connectivity index (χ2v) is 8.63. The van der Waals surface area contributed by atoms with Crippen molar-refractivity contribution in [3.63, 3.8) is 0 Å². The van der Waals surface area contributed by atoms with Gasteiger partial charge in [0.05, 0.1) is 19.5 Å². The third-order valence-electron chi connectivity index (χ3n) is 4.48. The van der Waals surface area contributed by atoms with E-state index in [1.165, 1.54) is 6.26 Å². The normalized spacial score (nSPS) is 22.9. The van der Waals surface area contributed by atoms with Crippen molar-refractivity contribution >= 4 is 27.3 Å². The summed E-state index contributed by atoms with van der Waals surface area (Å²) in [6, 6.07) is 5.99. The highest BCUT2D eigenvalue weighted by Crippen LogP contribution is 2.30. The Kier molecular flexibility index (Phi) is 5.66. The van der Waals surface area contributed by atoms with Crippen molar-refractivity contribution in [2.75, 3.05) is 50.5 Å². The molecule has 3 rings (SSSR count). The van der Waals surface area contributed by atoms with Crippen LogP contribution in [0, 0.1) is 0 Å². The zero-order valence-electron chi connectivity index (χ0n) is 13.9. The first-order valence-corrected chi connectivity index (χ1v) is 10.5. The number of rotatable bonds is 5. The van der Waals surface area contributed by atoms with Crippen LogP contribution in [0.15, 0.2) is 18.2 Å². The van der Waals surface area contributed by atoms with Crippen LogP contribution in [0.2, 0.25) is 5.02 Å². The molecule has 0 saturated carbocycles. The van der Waals surface area contributed by atoms with Gasteiger partial charge in [-0.1, -0.05) is 17.7 Å². The maximum Gasteiger partial charge on any atom is 0.208 e. The number of benzene rings is 1. The Hall–Kier alpha value is -0.860. The van der Waals surface area contributed by atoms with Gasteiger partial charge in [0.2, 0.25) is 10.0 Å². The molecule has 0 amide bonds. The molecule has 1 aromatic carbocycles. The van der Waals surface area contributed by atoms with Crippen LogP contribution in [0.25, 0.3) is 0 Å². The van der Waals surface area contributed by atoms with Gasteiger partial charge >= 0.3 is 0 Å². The molecular weight excluding hydrogens is 350 g/mol. The van der Waals surface area contributed by atoms with Gasteiger partial charge in [-0.05, 0) is 18.6 Å². The molecule has 2 aliphatic heterocycles. The van der Waals surface area contributed by atoms with Gasteiger partial charge in [0.15, 0.2) is 0 Å². The van der Waals surface area contributed by atoms with Crippen molar-refractivity contribution in [3.05, 3.63) is 28.8 Å². The van der Waals surface area contributed by atoms with Gasteiger partial charge in [-0.2, -0.15) is 0 Å². The lowest BCUT2D eigenvalue weighted by Crippen LogP contribution is -2.38. The van der Waals surface area contributed by atoms with Crippen molar-refractivity contribution in [1.82, 2.24) is 9.62 Å². The molecule has 0 aliphatic carbocycles. The summed E-state index contributed by atoms with van der Waals surface area (Å²) < 4.78 is 30.9. The Labute approximate surface area is 148 Å². The third kappa shape index (κ3) is 4.61. The number of halogens is 1. The van der Waals surface area contributed by atoms with Crippen LogP contribution in [0.5, 0.6) is 0 Å². The van der Waals surface area contributed by atoms with Gasteiger partial charge in [-0.15, -0.1) is 0 Å². The molecule has 0 bridgehead atoms. The zero-order valence-corrected chi connectivity index (χ0v) is 15.4. The Morgan fingerprint density at radius 3 is 2.75 bits per heavy atom. The summed E-state index contributed by atoms with van der Waals surface area (Å²) in [4.78, 5) is 4.57. The monoisotopic (exact) mass is 373 g/mol. The molecule has 6 nitrogen and oxygen atoms in total. The first kappa shape index (κ1) is 17.9. The van der Waals surface area contributed by atoms with E-state index in [-0.39, 0.29) is 6.04 Å². The van der Waals surface area contributed by atoms with Crippen molar-refractivity contribution in [1.29, 1.82) is 0 Å². The Balaban J connectivity index is 1.71. The molecule has 0 unspecified atom stereocenters. The summed E-state index contributed by atoms with van der Waals surface area (Å²) in [5.41, 5.74) is 2.27. The summed E-state index contributed by atoms with van der Waals surface area (Å²) in [6.45, 7) is 5.50. The summed E-state index contributed by atoms with van der Waals surface area (Å²) in [5.74, 6) is 0. The van der Waals surface area contributed by atoms with Crippen molar-refractivity contribution in [2.45, 2.75) is 19.0 Å². The van der Waals surface area contributed by atoms with Crippen LogP contribution in [0.3, 0.4) is 0 Å². The molecule has 2 saturated heterocycles. The molecule has 0 spiro atoms. The third-order valence-corrected chi connectivity index (χ3v) is 5.60. The van der Waals surface area contributed by atoms with E-state index in [1.807, 2.05) is 12.1 Å². The van der Waals surface area contributed by atoms with E-state index >= 15 is 0 Å². The minimum Gasteiger partial charge on any atom is -0.378 e. The highest BCUT2D eigenvalue weighted by atomic mass is 35.5. The van der Waals surface area contributed by atoms with E-state index in [4.69, 9.17) is 16.3 Å². The molecule has 8 heteroatoms. The number of ether oxygens (including phenoxy) is 1. The number of morpholine rings is 1. The van der Waals surface area contributed by atoms with E-state index in [0.717, 1.165) is 62.1 Å². The zero-order chi connectivity index (χ0) is 17.2. The molecule has 0 aromatic heterocycles. The van der Waals surface area contributed by atoms with Gasteiger partial charge in [0.1, 0.15) is 0 Å². The van der Waals surface area contributed by atoms with E-state index in [9.17, 15) is 8.42 Å². The van der Waals surface area contributed by atoms with E-state index in [1.54, 1.807) is 0 Å². The van der Waals surface area contributed by atoms with Crippen molar-refractivity contribution in [2.24, 2.45) is 0 Å². The molecular formula is C16H24ClN3O3S. The Morgan fingerprint density at radius 2 is 2.04 bits per heavy atom. The molecule has 24 heavy (non-hydrogen) atoms. The largest absolute Gasteiger partial charge is 0.378 e. The highest BCUT2D eigenvalue weighted by molar-refractivity contribution is 7.88. The number of likely N-dealkylation sites (tertiary alicyclic amines) is 1. The molecule has 2 aliphatic rings. The minimum atomic E-state index is -3.16. The average molecular weight is 374 g/mol. The smallest absolute Gasteiger partial charge is 0.208 e. The fraction of sp³-hybridized carbons (Fsp3) is 0.625. The predicted molar refractivity (Wildman–Crippen MR) is 96.1 cm³/mol. The minimum absolute atomic E-state index is 0.0191. The van der Waals surface area contributed by atoms with E-state index in [0.29, 0.717) is 6.54 Å². The van der Waals surface area contributed by atoms with Crippen LogP contribution < -0.4 is 9.62 Å². The molecule has 2 fully saturated rings. The van der Waals surface area contributed by atoms with Crippen LogP contribution in [0.4, 0.5) is 5.69 Å². The molecule has 1 atom stereocenters. The number of nitrogens with one attached hydrogen (secondary N) is 1. The molecule has 1 N–H and O–H groups in total. The summed E-state index contributed by atoms with van der Waals surface area (Å²) in [6.07, 6.45) is 2.03. The second kappa shape index (κ2) is 7.58. The average Bonchev–Trinajstić information content (AvgIpc) is 2.95. The van der Waals surface area contributed by atoms with Gasteiger partial charge in [-0.25, -0.2) is 13.1 Å². The Morgan fingerprint density at radius 1 is 1.29 bits per heavy atom. The van der Waals surface area contributed by atoms with Gasteiger partial charge in [-0.3, -0.25) is 4.90 Å². The van der Waals surface area contributed by atoms with E-state index in [2.05, 4.69) is 20.6 Å². The van der Waals surface area contributed by atoms with E-state index < -0.39 is 10.0 Å². The molecule has 1 aromatic rings. The highest BCUT2D eigenvalue weighted by Gasteiger charge is 2.26. The number of nitrogens with zero attached hydrogens (tertiary/aromatic N) is 2. The maximum absolute atomic E-state index is 11.4. The fourth-order valence-corrected chi connectivity index (χ4v) is 4.43. The summed E-state index contributed by atoms with van der Waals surface area (Å²) in [5, 5.41) is 0.763. The molecule has 134 valence electrons. The lowest BCUT2D eigenvalue weighted by Gasteiger charge is -2.32. The quantitative estimate of drug-likeness (QED) is 0.843.